The molecule has 1 aromatic heterocycles. The summed E-state index contributed by atoms with van der Waals surface area (Å²) in [5, 5.41) is 14.8. The van der Waals surface area contributed by atoms with Crippen LogP contribution in [-0.2, 0) is 13.0 Å². The Hall–Kier alpha value is -3.18. The Morgan fingerprint density at radius 1 is 1.17 bits per heavy atom. The Morgan fingerprint density at radius 2 is 1.92 bits per heavy atom. The lowest BCUT2D eigenvalue weighted by Gasteiger charge is -2.12. The molecule has 0 saturated carbocycles. The van der Waals surface area contributed by atoms with E-state index in [-0.39, 0.29) is 22.2 Å². The van der Waals surface area contributed by atoms with Crippen molar-refractivity contribution in [2.24, 2.45) is 5.10 Å². The van der Waals surface area contributed by atoms with Gasteiger partial charge in [0.05, 0.1) is 38.8 Å². The number of hydrogen-bond donors (Lipinski definition) is 0. The molecule has 36 heavy (non-hydrogen) atoms. The van der Waals surface area contributed by atoms with Crippen molar-refractivity contribution in [1.29, 1.82) is 5.26 Å². The van der Waals surface area contributed by atoms with Crippen LogP contribution in [0.3, 0.4) is 0 Å². The van der Waals surface area contributed by atoms with Gasteiger partial charge in [-0.1, -0.05) is 70.7 Å². The standard InChI is InChI=1S/C27H21BrCl2N4O2/c1-2-3-8-25-33-24-10-9-20(28)13-21(24)27(35)34(25)32-15-17-11-22(29)26(23(30)12-17)36-16-19-7-5-4-6-18(19)14-31/h4-7,9-13,15H,2-3,8,16H2,1H3. The van der Waals surface area contributed by atoms with Crippen molar-refractivity contribution in [3.63, 3.8) is 0 Å². The molecule has 0 aliphatic carbocycles. The first kappa shape index (κ1) is 25.9. The highest BCUT2D eigenvalue weighted by Gasteiger charge is 2.13. The summed E-state index contributed by atoms with van der Waals surface area (Å²) in [4.78, 5) is 17.9. The van der Waals surface area contributed by atoms with Crippen LogP contribution in [0.1, 0.15) is 42.3 Å². The van der Waals surface area contributed by atoms with Crippen LogP contribution in [0.2, 0.25) is 10.0 Å². The predicted molar refractivity (Wildman–Crippen MR) is 147 cm³/mol. The van der Waals surface area contributed by atoms with Crippen molar-refractivity contribution in [3.8, 4) is 11.8 Å². The molecular formula is C27H21BrCl2N4O2. The van der Waals surface area contributed by atoms with Gasteiger partial charge < -0.3 is 4.74 Å². The third-order valence-corrected chi connectivity index (χ3v) is 6.54. The highest BCUT2D eigenvalue weighted by atomic mass is 79.9. The van der Waals surface area contributed by atoms with Crippen molar-refractivity contribution >= 4 is 56.2 Å². The molecule has 4 rings (SSSR count). The molecule has 3 aromatic carbocycles. The van der Waals surface area contributed by atoms with Crippen LogP contribution in [0.4, 0.5) is 0 Å². The Kier molecular flexibility index (Phi) is 8.42. The van der Waals surface area contributed by atoms with Crippen LogP contribution in [0.25, 0.3) is 10.9 Å². The van der Waals surface area contributed by atoms with E-state index in [1.54, 1.807) is 30.3 Å². The van der Waals surface area contributed by atoms with E-state index in [1.165, 1.54) is 10.9 Å². The van der Waals surface area contributed by atoms with Crippen LogP contribution in [0.5, 0.6) is 5.75 Å². The normalized spacial score (nSPS) is 11.2. The second-order valence-corrected chi connectivity index (χ2v) is 9.76. The van der Waals surface area contributed by atoms with Crippen molar-refractivity contribution in [2.75, 3.05) is 0 Å². The molecule has 0 aliphatic heterocycles. The topological polar surface area (TPSA) is 80.3 Å². The first-order valence-corrected chi connectivity index (χ1v) is 12.8. The Labute approximate surface area is 226 Å². The Morgan fingerprint density at radius 3 is 2.64 bits per heavy atom. The lowest BCUT2D eigenvalue weighted by Crippen LogP contribution is -2.22. The molecule has 0 N–H and O–H groups in total. The minimum absolute atomic E-state index is 0.144. The number of fused-ring (bicyclic) bond motifs is 1. The summed E-state index contributed by atoms with van der Waals surface area (Å²) in [6, 6.07) is 18.0. The summed E-state index contributed by atoms with van der Waals surface area (Å²) in [6.45, 7) is 2.22. The van der Waals surface area contributed by atoms with E-state index in [1.807, 2.05) is 24.3 Å². The molecule has 0 amide bonds. The summed E-state index contributed by atoms with van der Waals surface area (Å²) in [5.74, 6) is 0.891. The van der Waals surface area contributed by atoms with Gasteiger partial charge in [0.15, 0.2) is 5.75 Å². The van der Waals surface area contributed by atoms with Gasteiger partial charge >= 0.3 is 0 Å². The number of hydrogen-bond acceptors (Lipinski definition) is 5. The number of halogens is 3. The number of rotatable bonds is 8. The maximum Gasteiger partial charge on any atom is 0.282 e. The van der Waals surface area contributed by atoms with Gasteiger partial charge in [-0.3, -0.25) is 4.79 Å². The second-order valence-electron chi connectivity index (χ2n) is 8.03. The third kappa shape index (κ3) is 5.79. The number of unbranched alkanes of at least 4 members (excludes halogenated alkanes) is 1. The van der Waals surface area contributed by atoms with E-state index in [0.717, 1.165) is 22.9 Å². The van der Waals surface area contributed by atoms with Gasteiger partial charge in [-0.15, -0.1) is 0 Å². The van der Waals surface area contributed by atoms with E-state index in [2.05, 4.69) is 39.0 Å². The Bertz CT molecular complexity index is 1540. The van der Waals surface area contributed by atoms with Gasteiger partial charge in [-0.2, -0.15) is 15.0 Å². The quantitative estimate of drug-likeness (QED) is 0.206. The molecule has 1 heterocycles. The van der Waals surface area contributed by atoms with Crippen LogP contribution >= 0.6 is 39.1 Å². The maximum absolute atomic E-state index is 13.2. The van der Waals surface area contributed by atoms with Gasteiger partial charge in [-0.25, -0.2) is 4.98 Å². The summed E-state index contributed by atoms with van der Waals surface area (Å²) in [7, 11) is 0. The van der Waals surface area contributed by atoms with Gasteiger partial charge in [0.2, 0.25) is 0 Å². The van der Waals surface area contributed by atoms with E-state index in [0.29, 0.717) is 40.0 Å². The van der Waals surface area contributed by atoms with Crippen LogP contribution in [-0.4, -0.2) is 15.9 Å². The lowest BCUT2D eigenvalue weighted by atomic mass is 10.1. The van der Waals surface area contributed by atoms with Crippen LogP contribution in [0.15, 0.2) is 69.0 Å². The highest BCUT2D eigenvalue weighted by molar-refractivity contribution is 9.10. The minimum atomic E-state index is -0.253. The maximum atomic E-state index is 13.2. The minimum Gasteiger partial charge on any atom is -0.486 e. The predicted octanol–water partition coefficient (Wildman–Crippen LogP) is 7.14. The van der Waals surface area contributed by atoms with E-state index >= 15 is 0 Å². The molecule has 0 radical (unpaired) electrons. The zero-order valence-corrected chi connectivity index (χ0v) is 22.4. The van der Waals surface area contributed by atoms with Crippen molar-refractivity contribution in [2.45, 2.75) is 32.8 Å². The molecule has 0 atom stereocenters. The molecule has 4 aromatic rings. The first-order chi connectivity index (χ1) is 17.4. The van der Waals surface area contributed by atoms with E-state index in [4.69, 9.17) is 27.9 Å². The summed E-state index contributed by atoms with van der Waals surface area (Å²) in [6.07, 6.45) is 3.98. The summed E-state index contributed by atoms with van der Waals surface area (Å²) < 4.78 is 7.94. The molecule has 0 saturated heterocycles. The summed E-state index contributed by atoms with van der Waals surface area (Å²) >= 11 is 16.3. The molecule has 0 unspecified atom stereocenters. The van der Waals surface area contributed by atoms with E-state index in [9.17, 15) is 10.1 Å². The number of aromatic nitrogens is 2. The number of nitrogens with zero attached hydrogens (tertiary/aromatic N) is 4. The van der Waals surface area contributed by atoms with E-state index < -0.39 is 0 Å². The monoisotopic (exact) mass is 582 g/mol. The molecule has 0 fully saturated rings. The number of ether oxygens (including phenoxy) is 1. The number of aryl methyl sites for hydroxylation is 1. The molecule has 6 nitrogen and oxygen atoms in total. The molecule has 9 heteroatoms. The molecule has 0 aliphatic rings. The highest BCUT2D eigenvalue weighted by Crippen LogP contribution is 2.34. The third-order valence-electron chi connectivity index (χ3n) is 5.48. The number of benzene rings is 3. The average molecular weight is 584 g/mol. The average Bonchev–Trinajstić information content (AvgIpc) is 2.87. The first-order valence-electron chi connectivity index (χ1n) is 11.3. The molecular weight excluding hydrogens is 563 g/mol. The fraction of sp³-hybridized carbons (Fsp3) is 0.185. The van der Waals surface area contributed by atoms with Crippen LogP contribution in [0, 0.1) is 11.3 Å². The van der Waals surface area contributed by atoms with Gasteiger partial charge in [-0.05, 0) is 48.4 Å². The number of nitriles is 1. The zero-order chi connectivity index (χ0) is 25.7. The zero-order valence-electron chi connectivity index (χ0n) is 19.3. The van der Waals surface area contributed by atoms with Gasteiger partial charge in [0, 0.05) is 16.5 Å². The van der Waals surface area contributed by atoms with Crippen molar-refractivity contribution < 1.29 is 4.74 Å². The SMILES string of the molecule is CCCCc1nc2ccc(Br)cc2c(=O)n1N=Cc1cc(Cl)c(OCc2ccccc2C#N)c(Cl)c1. The van der Waals surface area contributed by atoms with Crippen molar-refractivity contribution in [1.82, 2.24) is 9.66 Å². The molecule has 0 bridgehead atoms. The van der Waals surface area contributed by atoms with Gasteiger partial charge in [0.25, 0.3) is 5.56 Å². The lowest BCUT2D eigenvalue weighted by molar-refractivity contribution is 0.306. The fourth-order valence-corrected chi connectivity index (χ4v) is 4.61. The Balaban J connectivity index is 1.65. The fourth-order valence-electron chi connectivity index (χ4n) is 3.63. The summed E-state index contributed by atoms with van der Waals surface area (Å²) in [5.41, 5.74) is 2.22. The second kappa shape index (κ2) is 11.7. The molecule has 0 spiro atoms. The van der Waals surface area contributed by atoms with Gasteiger partial charge in [0.1, 0.15) is 12.4 Å². The largest absolute Gasteiger partial charge is 0.486 e. The molecule has 182 valence electrons. The van der Waals surface area contributed by atoms with Crippen molar-refractivity contribution in [3.05, 3.63) is 102 Å². The van der Waals surface area contributed by atoms with Crippen LogP contribution < -0.4 is 10.3 Å². The smallest absolute Gasteiger partial charge is 0.282 e.